The number of methoxy groups -OCH3 is 1. The molecule has 1 rings (SSSR count). The summed E-state index contributed by atoms with van der Waals surface area (Å²) >= 11 is 0. The van der Waals surface area contributed by atoms with Crippen LogP contribution in [0.15, 0.2) is 24.3 Å². The van der Waals surface area contributed by atoms with Crippen molar-refractivity contribution in [2.75, 3.05) is 13.7 Å². The number of ether oxygens (including phenoxy) is 1. The molecule has 0 fully saturated rings. The summed E-state index contributed by atoms with van der Waals surface area (Å²) in [5.74, 6) is -0.365. The lowest BCUT2D eigenvalue weighted by Gasteiger charge is -2.09. The van der Waals surface area contributed by atoms with E-state index in [-0.39, 0.29) is 30.5 Å². The van der Waals surface area contributed by atoms with Crippen molar-refractivity contribution in [1.82, 2.24) is 5.32 Å². The fourth-order valence-corrected chi connectivity index (χ4v) is 2.52. The van der Waals surface area contributed by atoms with Crippen LogP contribution in [0.5, 0.6) is 0 Å². The maximum absolute atomic E-state index is 12.3. The van der Waals surface area contributed by atoms with Gasteiger partial charge in [-0.2, -0.15) is 0 Å². The van der Waals surface area contributed by atoms with E-state index in [1.165, 1.54) is 14.0 Å². The SMILES string of the molecule is COC(=O)CCC(=O)c1ccccc1CCCCCCNC(C)=O. The van der Waals surface area contributed by atoms with Crippen LogP contribution in [0.4, 0.5) is 0 Å². The second-order valence-electron chi connectivity index (χ2n) is 5.80. The van der Waals surface area contributed by atoms with Crippen molar-refractivity contribution in [2.45, 2.75) is 51.9 Å². The van der Waals surface area contributed by atoms with Gasteiger partial charge in [0.2, 0.25) is 5.91 Å². The molecule has 0 bridgehead atoms. The van der Waals surface area contributed by atoms with E-state index >= 15 is 0 Å². The maximum Gasteiger partial charge on any atom is 0.305 e. The largest absolute Gasteiger partial charge is 0.469 e. The van der Waals surface area contributed by atoms with Gasteiger partial charge in [0.15, 0.2) is 5.78 Å². The zero-order valence-electron chi connectivity index (χ0n) is 14.6. The molecule has 1 aromatic carbocycles. The number of nitrogens with one attached hydrogen (secondary N) is 1. The molecule has 0 unspecified atom stereocenters. The van der Waals surface area contributed by atoms with E-state index in [1.54, 1.807) is 0 Å². The third-order valence-corrected chi connectivity index (χ3v) is 3.85. The van der Waals surface area contributed by atoms with Crippen molar-refractivity contribution < 1.29 is 19.1 Å². The normalized spacial score (nSPS) is 10.2. The van der Waals surface area contributed by atoms with Gasteiger partial charge in [-0.15, -0.1) is 0 Å². The minimum absolute atomic E-state index is 0.00870. The molecule has 0 heterocycles. The Kier molecular flexibility index (Phi) is 9.42. The standard InChI is InChI=1S/C19H27NO4/c1-15(21)20-14-8-4-3-5-9-16-10-6-7-11-17(16)18(22)12-13-19(23)24-2/h6-7,10-11H,3-5,8-9,12-14H2,1-2H3,(H,20,21). The minimum atomic E-state index is -0.361. The van der Waals surface area contributed by atoms with Gasteiger partial charge in [-0.25, -0.2) is 0 Å². The maximum atomic E-state index is 12.3. The van der Waals surface area contributed by atoms with E-state index in [0.29, 0.717) is 5.56 Å². The fourth-order valence-electron chi connectivity index (χ4n) is 2.52. The number of amides is 1. The van der Waals surface area contributed by atoms with Crippen LogP contribution in [0.3, 0.4) is 0 Å². The topological polar surface area (TPSA) is 72.5 Å². The van der Waals surface area contributed by atoms with E-state index < -0.39 is 0 Å². The van der Waals surface area contributed by atoms with Gasteiger partial charge >= 0.3 is 5.97 Å². The zero-order valence-corrected chi connectivity index (χ0v) is 14.6. The van der Waals surface area contributed by atoms with E-state index in [0.717, 1.165) is 44.2 Å². The van der Waals surface area contributed by atoms with Crippen molar-refractivity contribution in [2.24, 2.45) is 0 Å². The van der Waals surface area contributed by atoms with Crippen LogP contribution in [0.2, 0.25) is 0 Å². The molecule has 0 spiro atoms. The van der Waals surface area contributed by atoms with Gasteiger partial charge in [0.1, 0.15) is 0 Å². The van der Waals surface area contributed by atoms with Gasteiger partial charge in [-0.3, -0.25) is 14.4 Å². The second-order valence-corrected chi connectivity index (χ2v) is 5.80. The lowest BCUT2D eigenvalue weighted by atomic mass is 9.96. The first-order valence-corrected chi connectivity index (χ1v) is 8.47. The zero-order chi connectivity index (χ0) is 17.8. The quantitative estimate of drug-likeness (QED) is 0.384. The minimum Gasteiger partial charge on any atom is -0.469 e. The Morgan fingerprint density at radius 2 is 1.71 bits per heavy atom. The summed E-state index contributed by atoms with van der Waals surface area (Å²) in [5.41, 5.74) is 1.74. The van der Waals surface area contributed by atoms with E-state index in [4.69, 9.17) is 0 Å². The molecule has 0 aromatic heterocycles. The number of unbranched alkanes of at least 4 members (excludes halogenated alkanes) is 3. The van der Waals surface area contributed by atoms with Crippen LogP contribution < -0.4 is 5.32 Å². The summed E-state index contributed by atoms with van der Waals surface area (Å²) in [6.07, 6.45) is 5.23. The number of hydrogen-bond acceptors (Lipinski definition) is 4. The second kappa shape index (κ2) is 11.4. The first kappa shape index (κ1) is 19.9. The lowest BCUT2D eigenvalue weighted by molar-refractivity contribution is -0.140. The van der Waals surface area contributed by atoms with Crippen molar-refractivity contribution >= 4 is 17.7 Å². The third-order valence-electron chi connectivity index (χ3n) is 3.85. The Hall–Kier alpha value is -2.17. The summed E-state index contributed by atoms with van der Waals surface area (Å²) in [7, 11) is 1.33. The molecule has 0 atom stereocenters. The smallest absolute Gasteiger partial charge is 0.305 e. The molecule has 0 aliphatic carbocycles. The third kappa shape index (κ3) is 7.90. The molecule has 0 radical (unpaired) electrons. The molecule has 1 N–H and O–H groups in total. The van der Waals surface area contributed by atoms with E-state index in [1.807, 2.05) is 24.3 Å². The Labute approximate surface area is 143 Å². The van der Waals surface area contributed by atoms with Crippen LogP contribution in [-0.2, 0) is 20.7 Å². The molecule has 0 saturated heterocycles. The lowest BCUT2D eigenvalue weighted by Crippen LogP contribution is -2.20. The summed E-state index contributed by atoms with van der Waals surface area (Å²) < 4.78 is 4.58. The van der Waals surface area contributed by atoms with Crippen LogP contribution >= 0.6 is 0 Å². The van der Waals surface area contributed by atoms with Gasteiger partial charge < -0.3 is 10.1 Å². The van der Waals surface area contributed by atoms with Crippen molar-refractivity contribution in [3.63, 3.8) is 0 Å². The number of esters is 1. The summed E-state index contributed by atoms with van der Waals surface area (Å²) in [5, 5.41) is 2.78. The summed E-state index contributed by atoms with van der Waals surface area (Å²) in [6.45, 7) is 2.24. The van der Waals surface area contributed by atoms with Gasteiger partial charge in [0, 0.05) is 25.5 Å². The number of carbonyl (C=O) groups is 3. The number of carbonyl (C=O) groups excluding carboxylic acids is 3. The molecule has 0 aliphatic rings. The molecule has 1 aromatic rings. The molecule has 5 heteroatoms. The molecular weight excluding hydrogens is 306 g/mol. The number of aryl methyl sites for hydroxylation is 1. The highest BCUT2D eigenvalue weighted by molar-refractivity contribution is 5.98. The number of hydrogen-bond donors (Lipinski definition) is 1. The van der Waals surface area contributed by atoms with Crippen molar-refractivity contribution in [3.05, 3.63) is 35.4 Å². The highest BCUT2D eigenvalue weighted by Crippen LogP contribution is 2.16. The monoisotopic (exact) mass is 333 g/mol. The predicted molar refractivity (Wildman–Crippen MR) is 92.9 cm³/mol. The average Bonchev–Trinajstić information content (AvgIpc) is 2.58. The Balaban J connectivity index is 2.39. The first-order valence-electron chi connectivity index (χ1n) is 8.47. The summed E-state index contributed by atoms with van der Waals surface area (Å²) in [6, 6.07) is 7.58. The van der Waals surface area contributed by atoms with E-state index in [9.17, 15) is 14.4 Å². The van der Waals surface area contributed by atoms with Gasteiger partial charge in [-0.05, 0) is 24.8 Å². The van der Waals surface area contributed by atoms with Crippen LogP contribution in [0.25, 0.3) is 0 Å². The average molecular weight is 333 g/mol. The highest BCUT2D eigenvalue weighted by Gasteiger charge is 2.12. The molecule has 0 aliphatic heterocycles. The number of rotatable bonds is 11. The van der Waals surface area contributed by atoms with Gasteiger partial charge in [-0.1, -0.05) is 37.1 Å². The Bertz CT molecular complexity index is 554. The number of ketones is 1. The Morgan fingerprint density at radius 1 is 1.00 bits per heavy atom. The molecule has 0 saturated carbocycles. The van der Waals surface area contributed by atoms with Crippen LogP contribution in [0.1, 0.15) is 61.4 Å². The van der Waals surface area contributed by atoms with Crippen LogP contribution in [-0.4, -0.2) is 31.3 Å². The molecule has 132 valence electrons. The molecule has 5 nitrogen and oxygen atoms in total. The first-order chi connectivity index (χ1) is 11.5. The van der Waals surface area contributed by atoms with Crippen LogP contribution in [0, 0.1) is 0 Å². The van der Waals surface area contributed by atoms with Crippen molar-refractivity contribution in [1.29, 1.82) is 0 Å². The molecular formula is C19H27NO4. The van der Waals surface area contributed by atoms with E-state index in [2.05, 4.69) is 10.1 Å². The molecule has 24 heavy (non-hydrogen) atoms. The van der Waals surface area contributed by atoms with Crippen molar-refractivity contribution in [3.8, 4) is 0 Å². The predicted octanol–water partition coefficient (Wildman–Crippen LogP) is 3.06. The highest BCUT2D eigenvalue weighted by atomic mass is 16.5. The summed E-state index contributed by atoms with van der Waals surface area (Å²) in [4.78, 5) is 34.2. The molecule has 1 amide bonds. The van der Waals surface area contributed by atoms with Gasteiger partial charge in [0.05, 0.1) is 13.5 Å². The number of benzene rings is 1. The fraction of sp³-hybridized carbons (Fsp3) is 0.526. The van der Waals surface area contributed by atoms with Gasteiger partial charge in [0.25, 0.3) is 0 Å². The number of Topliss-reactive ketones (excluding diaryl/α,β-unsaturated/α-hetero) is 1. The Morgan fingerprint density at radius 3 is 2.42 bits per heavy atom.